The van der Waals surface area contributed by atoms with Gasteiger partial charge in [-0.05, 0) is 50.8 Å². The lowest BCUT2D eigenvalue weighted by Crippen LogP contribution is -2.30. The van der Waals surface area contributed by atoms with Crippen LogP contribution in [0.5, 0.6) is 0 Å². The molecule has 0 aromatic heterocycles. The minimum atomic E-state index is 0.568. The summed E-state index contributed by atoms with van der Waals surface area (Å²) < 4.78 is 5.72. The van der Waals surface area contributed by atoms with Crippen LogP contribution in [0.2, 0.25) is 0 Å². The van der Waals surface area contributed by atoms with E-state index in [9.17, 15) is 0 Å². The van der Waals surface area contributed by atoms with E-state index in [0.717, 1.165) is 12.6 Å². The van der Waals surface area contributed by atoms with E-state index in [0.29, 0.717) is 6.10 Å². The third-order valence-electron chi connectivity index (χ3n) is 3.34. The van der Waals surface area contributed by atoms with Crippen LogP contribution in [0.15, 0.2) is 0 Å². The third kappa shape index (κ3) is 4.33. The zero-order valence-corrected chi connectivity index (χ0v) is 10.4. The SMILES string of the molecule is C1CCC(CCCNC2CCSC2)OC1. The van der Waals surface area contributed by atoms with Crippen molar-refractivity contribution in [2.75, 3.05) is 24.7 Å². The Morgan fingerprint density at radius 3 is 3.00 bits per heavy atom. The fourth-order valence-electron chi connectivity index (χ4n) is 2.37. The topological polar surface area (TPSA) is 21.3 Å². The van der Waals surface area contributed by atoms with Crippen molar-refractivity contribution in [3.05, 3.63) is 0 Å². The summed E-state index contributed by atoms with van der Waals surface area (Å²) in [7, 11) is 0. The summed E-state index contributed by atoms with van der Waals surface area (Å²) in [6.45, 7) is 2.18. The van der Waals surface area contributed by atoms with E-state index in [-0.39, 0.29) is 0 Å². The minimum Gasteiger partial charge on any atom is -0.378 e. The zero-order valence-electron chi connectivity index (χ0n) is 9.54. The van der Waals surface area contributed by atoms with Crippen LogP contribution in [-0.2, 0) is 4.74 Å². The van der Waals surface area contributed by atoms with Gasteiger partial charge in [0.25, 0.3) is 0 Å². The fraction of sp³-hybridized carbons (Fsp3) is 1.00. The van der Waals surface area contributed by atoms with Crippen LogP contribution in [0.1, 0.15) is 38.5 Å². The van der Waals surface area contributed by atoms with Gasteiger partial charge in [-0.3, -0.25) is 0 Å². The van der Waals surface area contributed by atoms with E-state index in [1.807, 2.05) is 0 Å². The number of thioether (sulfide) groups is 1. The van der Waals surface area contributed by atoms with Gasteiger partial charge in [0.05, 0.1) is 6.10 Å². The summed E-state index contributed by atoms with van der Waals surface area (Å²) >= 11 is 2.08. The molecule has 2 aliphatic rings. The van der Waals surface area contributed by atoms with Crippen LogP contribution < -0.4 is 5.32 Å². The van der Waals surface area contributed by atoms with Gasteiger partial charge in [-0.15, -0.1) is 0 Å². The first-order valence-electron chi connectivity index (χ1n) is 6.38. The average Bonchev–Trinajstić information content (AvgIpc) is 2.79. The molecule has 0 spiro atoms. The molecule has 0 bridgehead atoms. The van der Waals surface area contributed by atoms with Crippen LogP contribution in [0, 0.1) is 0 Å². The molecule has 2 fully saturated rings. The highest BCUT2D eigenvalue weighted by atomic mass is 32.2. The van der Waals surface area contributed by atoms with Crippen molar-refractivity contribution in [2.45, 2.75) is 50.7 Å². The molecule has 2 unspecified atom stereocenters. The number of nitrogens with one attached hydrogen (secondary N) is 1. The van der Waals surface area contributed by atoms with Crippen LogP contribution in [0.3, 0.4) is 0 Å². The van der Waals surface area contributed by atoms with Gasteiger partial charge in [0.15, 0.2) is 0 Å². The maximum absolute atomic E-state index is 5.72. The molecule has 2 heterocycles. The molecule has 88 valence electrons. The molecule has 0 radical (unpaired) electrons. The summed E-state index contributed by atoms with van der Waals surface area (Å²) in [5.74, 6) is 2.67. The molecule has 2 nitrogen and oxygen atoms in total. The van der Waals surface area contributed by atoms with Crippen LogP contribution in [-0.4, -0.2) is 36.8 Å². The summed E-state index contributed by atoms with van der Waals surface area (Å²) in [6.07, 6.45) is 8.41. The first kappa shape index (κ1) is 11.7. The predicted octanol–water partition coefficient (Wildman–Crippen LogP) is 2.43. The molecular weight excluding hydrogens is 206 g/mol. The fourth-order valence-corrected chi connectivity index (χ4v) is 3.55. The van der Waals surface area contributed by atoms with E-state index < -0.39 is 0 Å². The van der Waals surface area contributed by atoms with Gasteiger partial charge < -0.3 is 10.1 Å². The molecule has 15 heavy (non-hydrogen) atoms. The Labute approximate surface area is 97.5 Å². The second-order valence-electron chi connectivity index (χ2n) is 4.65. The van der Waals surface area contributed by atoms with Crippen molar-refractivity contribution >= 4 is 11.8 Å². The Hall–Kier alpha value is 0.270. The molecule has 0 aliphatic carbocycles. The molecule has 2 rings (SSSR count). The van der Waals surface area contributed by atoms with E-state index in [4.69, 9.17) is 4.74 Å². The molecular formula is C12H23NOS. The average molecular weight is 229 g/mol. The molecule has 0 aromatic carbocycles. The lowest BCUT2D eigenvalue weighted by molar-refractivity contribution is 0.0101. The molecule has 2 atom stereocenters. The quantitative estimate of drug-likeness (QED) is 0.732. The van der Waals surface area contributed by atoms with Gasteiger partial charge in [-0.25, -0.2) is 0 Å². The zero-order chi connectivity index (χ0) is 10.3. The Morgan fingerprint density at radius 2 is 2.27 bits per heavy atom. The maximum Gasteiger partial charge on any atom is 0.0575 e. The van der Waals surface area contributed by atoms with Crippen molar-refractivity contribution in [3.8, 4) is 0 Å². The highest BCUT2D eigenvalue weighted by Crippen LogP contribution is 2.18. The van der Waals surface area contributed by atoms with Crippen molar-refractivity contribution in [1.82, 2.24) is 5.32 Å². The first-order chi connectivity index (χ1) is 7.45. The number of rotatable bonds is 5. The van der Waals surface area contributed by atoms with Crippen molar-refractivity contribution in [3.63, 3.8) is 0 Å². The normalized spacial score (nSPS) is 32.0. The molecule has 2 saturated heterocycles. The number of ether oxygens (including phenoxy) is 1. The summed E-state index contributed by atoms with van der Waals surface area (Å²) in [5.41, 5.74) is 0. The molecule has 0 amide bonds. The monoisotopic (exact) mass is 229 g/mol. The molecule has 3 heteroatoms. The van der Waals surface area contributed by atoms with Gasteiger partial charge in [0, 0.05) is 18.4 Å². The van der Waals surface area contributed by atoms with Crippen molar-refractivity contribution in [2.24, 2.45) is 0 Å². The van der Waals surface area contributed by atoms with Crippen LogP contribution >= 0.6 is 11.8 Å². The Bertz CT molecular complexity index is 165. The van der Waals surface area contributed by atoms with E-state index >= 15 is 0 Å². The van der Waals surface area contributed by atoms with E-state index in [1.54, 1.807) is 0 Å². The van der Waals surface area contributed by atoms with E-state index in [1.165, 1.54) is 56.6 Å². The lowest BCUT2D eigenvalue weighted by Gasteiger charge is -2.22. The smallest absolute Gasteiger partial charge is 0.0575 e. The van der Waals surface area contributed by atoms with Crippen LogP contribution in [0.4, 0.5) is 0 Å². The molecule has 0 saturated carbocycles. The number of hydrogen-bond donors (Lipinski definition) is 1. The lowest BCUT2D eigenvalue weighted by atomic mass is 10.0. The molecule has 2 aliphatic heterocycles. The Kier molecular flexibility index (Phi) is 5.30. The first-order valence-corrected chi connectivity index (χ1v) is 7.53. The third-order valence-corrected chi connectivity index (χ3v) is 4.50. The minimum absolute atomic E-state index is 0.568. The Morgan fingerprint density at radius 1 is 1.27 bits per heavy atom. The largest absolute Gasteiger partial charge is 0.378 e. The van der Waals surface area contributed by atoms with Gasteiger partial charge in [-0.2, -0.15) is 11.8 Å². The summed E-state index contributed by atoms with van der Waals surface area (Å²) in [4.78, 5) is 0. The highest BCUT2D eigenvalue weighted by molar-refractivity contribution is 7.99. The van der Waals surface area contributed by atoms with Gasteiger partial charge in [-0.1, -0.05) is 0 Å². The van der Waals surface area contributed by atoms with E-state index in [2.05, 4.69) is 17.1 Å². The standard InChI is InChI=1S/C12H23NOS/c1-2-8-14-12(4-1)5-3-7-13-11-6-9-15-10-11/h11-13H,1-10H2. The summed E-state index contributed by atoms with van der Waals surface area (Å²) in [6, 6.07) is 0.794. The maximum atomic E-state index is 5.72. The second-order valence-corrected chi connectivity index (χ2v) is 5.80. The van der Waals surface area contributed by atoms with Gasteiger partial charge in [0.1, 0.15) is 0 Å². The Balaban J connectivity index is 1.47. The van der Waals surface area contributed by atoms with Gasteiger partial charge >= 0.3 is 0 Å². The van der Waals surface area contributed by atoms with Crippen LogP contribution in [0.25, 0.3) is 0 Å². The second kappa shape index (κ2) is 6.77. The summed E-state index contributed by atoms with van der Waals surface area (Å²) in [5, 5.41) is 3.64. The predicted molar refractivity (Wildman–Crippen MR) is 66.6 cm³/mol. The molecule has 1 N–H and O–H groups in total. The van der Waals surface area contributed by atoms with Gasteiger partial charge in [0.2, 0.25) is 0 Å². The van der Waals surface area contributed by atoms with Crippen molar-refractivity contribution in [1.29, 1.82) is 0 Å². The highest BCUT2D eigenvalue weighted by Gasteiger charge is 2.15. The van der Waals surface area contributed by atoms with Crippen molar-refractivity contribution < 1.29 is 4.74 Å². The molecule has 0 aromatic rings. The number of hydrogen-bond acceptors (Lipinski definition) is 3.